The van der Waals surface area contributed by atoms with Crippen LogP contribution in [0.3, 0.4) is 0 Å². The highest BCUT2D eigenvalue weighted by molar-refractivity contribution is 14.0. The molecule has 0 amide bonds. The van der Waals surface area contributed by atoms with Gasteiger partial charge in [-0.25, -0.2) is 0 Å². The number of methoxy groups -OCH3 is 1. The second kappa shape index (κ2) is 13.6. The zero-order chi connectivity index (χ0) is 17.0. The zero-order valence-corrected chi connectivity index (χ0v) is 18.3. The second-order valence-corrected chi connectivity index (χ2v) is 6.74. The van der Waals surface area contributed by atoms with E-state index in [9.17, 15) is 0 Å². The molecule has 2 N–H and O–H groups in total. The van der Waals surface area contributed by atoms with E-state index in [1.54, 1.807) is 7.11 Å². The van der Waals surface area contributed by atoms with Crippen LogP contribution in [-0.4, -0.2) is 65.6 Å². The Morgan fingerprint density at radius 1 is 1.32 bits per heavy atom. The largest absolute Gasteiger partial charge is 0.382 e. The lowest BCUT2D eigenvalue weighted by molar-refractivity contribution is 0.0698. The lowest BCUT2D eigenvalue weighted by Gasteiger charge is -2.33. The number of hydrogen-bond donors (Lipinski definition) is 2. The van der Waals surface area contributed by atoms with Crippen molar-refractivity contribution in [2.75, 3.05) is 58.5 Å². The van der Waals surface area contributed by atoms with Gasteiger partial charge in [-0.1, -0.05) is 0 Å². The Labute approximate surface area is 172 Å². The molecule has 0 atom stereocenters. The maximum Gasteiger partial charge on any atom is 0.191 e. The number of rotatable bonds is 9. The van der Waals surface area contributed by atoms with E-state index in [1.165, 1.54) is 5.00 Å². The topological polar surface area (TPSA) is 58.1 Å². The predicted octanol–water partition coefficient (Wildman–Crippen LogP) is 2.55. The summed E-state index contributed by atoms with van der Waals surface area (Å²) < 4.78 is 10.4. The smallest absolute Gasteiger partial charge is 0.191 e. The highest BCUT2D eigenvalue weighted by Gasteiger charge is 2.20. The van der Waals surface area contributed by atoms with Crippen LogP contribution < -0.4 is 15.5 Å². The van der Waals surface area contributed by atoms with Gasteiger partial charge in [-0.3, -0.25) is 4.99 Å². The molecule has 1 fully saturated rings. The quantitative estimate of drug-likeness (QED) is 0.245. The first kappa shape index (κ1) is 22.5. The molecule has 1 aromatic heterocycles. The summed E-state index contributed by atoms with van der Waals surface area (Å²) in [6.45, 7) is 5.12. The average Bonchev–Trinajstić information content (AvgIpc) is 3.15. The lowest BCUT2D eigenvalue weighted by atomic mass is 10.1. The van der Waals surface area contributed by atoms with Crippen molar-refractivity contribution in [2.24, 2.45) is 4.99 Å². The molecular weight excluding hydrogens is 451 g/mol. The van der Waals surface area contributed by atoms with Gasteiger partial charge < -0.3 is 25.0 Å². The minimum atomic E-state index is 0. The van der Waals surface area contributed by atoms with Gasteiger partial charge in [0.1, 0.15) is 0 Å². The summed E-state index contributed by atoms with van der Waals surface area (Å²) in [6.07, 6.45) is 3.23. The van der Waals surface area contributed by atoms with Crippen molar-refractivity contribution >= 4 is 46.3 Å². The zero-order valence-electron chi connectivity index (χ0n) is 15.2. The van der Waals surface area contributed by atoms with Crippen molar-refractivity contribution in [3.05, 3.63) is 17.5 Å². The summed E-state index contributed by atoms with van der Waals surface area (Å²) in [5.41, 5.74) is 0. The van der Waals surface area contributed by atoms with Gasteiger partial charge in [-0.05, 0) is 36.8 Å². The average molecular weight is 482 g/mol. The van der Waals surface area contributed by atoms with Gasteiger partial charge in [0.2, 0.25) is 0 Å². The van der Waals surface area contributed by atoms with E-state index in [2.05, 4.69) is 38.0 Å². The van der Waals surface area contributed by atoms with Gasteiger partial charge in [0.15, 0.2) is 5.96 Å². The second-order valence-electron chi connectivity index (χ2n) is 5.81. The summed E-state index contributed by atoms with van der Waals surface area (Å²) in [6, 6.07) is 4.81. The molecule has 0 aliphatic carbocycles. The van der Waals surface area contributed by atoms with Crippen molar-refractivity contribution in [1.82, 2.24) is 10.6 Å². The number of nitrogens with one attached hydrogen (secondary N) is 2. The number of aliphatic imine (C=N–C) groups is 1. The summed E-state index contributed by atoms with van der Waals surface area (Å²) in [4.78, 5) is 6.79. The predicted molar refractivity (Wildman–Crippen MR) is 117 cm³/mol. The lowest BCUT2D eigenvalue weighted by Crippen LogP contribution is -2.48. The molecule has 1 aliphatic heterocycles. The highest BCUT2D eigenvalue weighted by atomic mass is 127. The van der Waals surface area contributed by atoms with Crippen LogP contribution in [-0.2, 0) is 9.47 Å². The van der Waals surface area contributed by atoms with Crippen molar-refractivity contribution in [2.45, 2.75) is 25.3 Å². The highest BCUT2D eigenvalue weighted by Crippen LogP contribution is 2.24. The van der Waals surface area contributed by atoms with Crippen molar-refractivity contribution < 1.29 is 9.47 Å². The van der Waals surface area contributed by atoms with Crippen LogP contribution in [0.25, 0.3) is 0 Å². The molecule has 1 saturated heterocycles. The van der Waals surface area contributed by atoms with E-state index in [1.807, 2.05) is 18.4 Å². The molecule has 0 saturated carbocycles. The Morgan fingerprint density at radius 3 is 2.76 bits per heavy atom. The summed E-state index contributed by atoms with van der Waals surface area (Å²) in [7, 11) is 3.51. The van der Waals surface area contributed by atoms with Crippen LogP contribution >= 0.6 is 35.3 Å². The normalized spacial score (nSPS) is 15.8. The van der Waals surface area contributed by atoms with Gasteiger partial charge in [-0.15, -0.1) is 35.3 Å². The first-order chi connectivity index (χ1) is 11.8. The number of hydrogen-bond acceptors (Lipinski definition) is 5. The van der Waals surface area contributed by atoms with Crippen LogP contribution in [0.15, 0.2) is 22.5 Å². The van der Waals surface area contributed by atoms with Gasteiger partial charge in [0, 0.05) is 46.4 Å². The van der Waals surface area contributed by atoms with Gasteiger partial charge in [0.25, 0.3) is 0 Å². The first-order valence-corrected chi connectivity index (χ1v) is 9.53. The molecule has 1 aromatic rings. The monoisotopic (exact) mass is 482 g/mol. The van der Waals surface area contributed by atoms with Crippen LogP contribution in [0.1, 0.15) is 19.3 Å². The minimum absolute atomic E-state index is 0. The number of guanidine groups is 1. The van der Waals surface area contributed by atoms with Crippen molar-refractivity contribution in [1.29, 1.82) is 0 Å². The van der Waals surface area contributed by atoms with Gasteiger partial charge in [-0.2, -0.15) is 0 Å². The maximum atomic E-state index is 5.46. The van der Waals surface area contributed by atoms with E-state index in [0.717, 1.165) is 51.5 Å². The summed E-state index contributed by atoms with van der Waals surface area (Å²) in [5, 5.41) is 10.4. The van der Waals surface area contributed by atoms with E-state index in [0.29, 0.717) is 19.3 Å². The summed E-state index contributed by atoms with van der Waals surface area (Å²) >= 11 is 1.82. The molecule has 0 unspecified atom stereocenters. The van der Waals surface area contributed by atoms with Gasteiger partial charge >= 0.3 is 0 Å². The number of piperidine rings is 1. The number of anilines is 1. The fourth-order valence-electron chi connectivity index (χ4n) is 2.71. The minimum Gasteiger partial charge on any atom is -0.382 e. The van der Waals surface area contributed by atoms with Crippen molar-refractivity contribution in [3.63, 3.8) is 0 Å². The Bertz CT molecular complexity index is 465. The number of nitrogens with zero attached hydrogens (tertiary/aromatic N) is 2. The standard InChI is InChI=1S/C17H30N4O2S.HI/c1-18-17(19-8-4-11-23-13-12-22-2)20-15-6-9-21(10-7-15)16-5-3-14-24-16;/h3,5,14-15H,4,6-13H2,1-2H3,(H2,18,19,20);1H. The third kappa shape index (κ3) is 8.57. The van der Waals surface area contributed by atoms with E-state index >= 15 is 0 Å². The third-order valence-electron chi connectivity index (χ3n) is 4.07. The molecule has 2 heterocycles. The molecule has 25 heavy (non-hydrogen) atoms. The summed E-state index contributed by atoms with van der Waals surface area (Å²) in [5.74, 6) is 0.890. The first-order valence-electron chi connectivity index (χ1n) is 8.66. The Hall–Kier alpha value is -0.580. The molecule has 0 aromatic carbocycles. The molecule has 1 aliphatic rings. The maximum absolute atomic E-state index is 5.46. The van der Waals surface area contributed by atoms with Crippen LogP contribution in [0.2, 0.25) is 0 Å². The number of halogens is 1. The molecule has 144 valence electrons. The molecular formula is C17H31IN4O2S. The van der Waals surface area contributed by atoms with Crippen molar-refractivity contribution in [3.8, 4) is 0 Å². The number of ether oxygens (including phenoxy) is 2. The van der Waals surface area contributed by atoms with Gasteiger partial charge in [0.05, 0.1) is 18.2 Å². The Balaban J connectivity index is 0.00000312. The number of thiophene rings is 1. The third-order valence-corrected chi connectivity index (χ3v) is 5.00. The Kier molecular flexibility index (Phi) is 12.2. The van der Waals surface area contributed by atoms with Crippen LogP contribution in [0.4, 0.5) is 5.00 Å². The molecule has 0 bridgehead atoms. The molecule has 0 radical (unpaired) electrons. The van der Waals surface area contributed by atoms with E-state index < -0.39 is 0 Å². The van der Waals surface area contributed by atoms with Crippen LogP contribution in [0, 0.1) is 0 Å². The van der Waals surface area contributed by atoms with E-state index in [4.69, 9.17) is 9.47 Å². The molecule has 0 spiro atoms. The molecule has 2 rings (SSSR count). The fraction of sp³-hybridized carbons (Fsp3) is 0.706. The van der Waals surface area contributed by atoms with E-state index in [-0.39, 0.29) is 24.0 Å². The molecule has 6 nitrogen and oxygen atoms in total. The molecule has 8 heteroatoms. The Morgan fingerprint density at radius 2 is 2.12 bits per heavy atom. The van der Waals surface area contributed by atoms with Crippen LogP contribution in [0.5, 0.6) is 0 Å². The SMILES string of the molecule is CN=C(NCCCOCCOC)NC1CCN(c2cccs2)CC1.I. The fourth-order valence-corrected chi connectivity index (χ4v) is 3.49.